The minimum atomic E-state index is -4.23. The van der Waals surface area contributed by atoms with Gasteiger partial charge >= 0.3 is 0 Å². The molecule has 0 aliphatic rings. The van der Waals surface area contributed by atoms with E-state index in [9.17, 15) is 17.2 Å². The van der Waals surface area contributed by atoms with Gasteiger partial charge in [-0.3, -0.25) is 0 Å². The van der Waals surface area contributed by atoms with Gasteiger partial charge in [0.25, 0.3) is 0 Å². The van der Waals surface area contributed by atoms with Crippen molar-refractivity contribution < 1.29 is 17.2 Å². The number of halogens is 2. The van der Waals surface area contributed by atoms with Crippen LogP contribution < -0.4 is 4.72 Å². The van der Waals surface area contributed by atoms with Crippen LogP contribution in [0.3, 0.4) is 0 Å². The van der Waals surface area contributed by atoms with Crippen LogP contribution >= 0.6 is 0 Å². The first kappa shape index (κ1) is 13.5. The number of hydrogen-bond acceptors (Lipinski definition) is 3. The highest BCUT2D eigenvalue weighted by Gasteiger charge is 2.22. The second-order valence-electron chi connectivity index (χ2n) is 3.50. The predicted molar refractivity (Wildman–Crippen MR) is 56.5 cm³/mol. The van der Waals surface area contributed by atoms with E-state index in [2.05, 4.69) is 0 Å². The molecular weight excluding hydrogens is 250 g/mol. The Morgan fingerprint density at radius 2 is 1.94 bits per heavy atom. The maximum absolute atomic E-state index is 13.4. The van der Waals surface area contributed by atoms with Crippen molar-refractivity contribution in [2.75, 3.05) is 0 Å². The van der Waals surface area contributed by atoms with Crippen molar-refractivity contribution >= 4 is 10.0 Å². The van der Waals surface area contributed by atoms with Crippen molar-refractivity contribution in [1.82, 2.24) is 4.72 Å². The van der Waals surface area contributed by atoms with Gasteiger partial charge in [0.2, 0.25) is 10.0 Å². The molecule has 0 bridgehead atoms. The fraction of sp³-hybridized carbons (Fsp3) is 0.300. The van der Waals surface area contributed by atoms with E-state index in [1.165, 1.54) is 13.8 Å². The van der Waals surface area contributed by atoms with Crippen LogP contribution in [0.4, 0.5) is 8.78 Å². The molecule has 1 N–H and O–H groups in total. The third kappa shape index (κ3) is 2.99. The topological polar surface area (TPSA) is 70.0 Å². The van der Waals surface area contributed by atoms with Crippen LogP contribution in [0.25, 0.3) is 0 Å². The van der Waals surface area contributed by atoms with Crippen LogP contribution in [-0.4, -0.2) is 14.5 Å². The number of benzene rings is 1. The summed E-state index contributed by atoms with van der Waals surface area (Å²) >= 11 is 0. The summed E-state index contributed by atoms with van der Waals surface area (Å²) in [5, 5.41) is 8.47. The van der Waals surface area contributed by atoms with Crippen LogP contribution in [0.1, 0.15) is 12.5 Å². The van der Waals surface area contributed by atoms with Gasteiger partial charge < -0.3 is 0 Å². The van der Waals surface area contributed by atoms with Gasteiger partial charge in [0.1, 0.15) is 22.6 Å². The van der Waals surface area contributed by atoms with E-state index in [1.54, 1.807) is 6.07 Å². The second-order valence-corrected chi connectivity index (χ2v) is 5.19. The third-order valence-corrected chi connectivity index (χ3v) is 3.58. The highest BCUT2D eigenvalue weighted by Crippen LogP contribution is 2.18. The minimum absolute atomic E-state index is 0.00906. The molecule has 7 heteroatoms. The quantitative estimate of drug-likeness (QED) is 0.894. The Labute approximate surface area is 97.9 Å². The van der Waals surface area contributed by atoms with Crippen molar-refractivity contribution in [3.63, 3.8) is 0 Å². The fourth-order valence-electron chi connectivity index (χ4n) is 1.16. The lowest BCUT2D eigenvalue weighted by Crippen LogP contribution is -2.32. The molecule has 1 rings (SSSR count). The number of nitrogens with one attached hydrogen (secondary N) is 1. The number of rotatable bonds is 3. The number of sulfonamides is 1. The molecular formula is C10H10F2N2O2S. The molecule has 17 heavy (non-hydrogen) atoms. The summed E-state index contributed by atoms with van der Waals surface area (Å²) < 4.78 is 51.7. The Bertz CT molecular complexity index is 579. The first-order chi connectivity index (χ1) is 7.77. The first-order valence-electron chi connectivity index (χ1n) is 4.65. The van der Waals surface area contributed by atoms with E-state index >= 15 is 0 Å². The Morgan fingerprint density at radius 1 is 1.35 bits per heavy atom. The van der Waals surface area contributed by atoms with Crippen molar-refractivity contribution in [1.29, 1.82) is 5.26 Å². The van der Waals surface area contributed by atoms with Gasteiger partial charge in [-0.15, -0.1) is 0 Å². The average molecular weight is 260 g/mol. The molecule has 1 atom stereocenters. The van der Waals surface area contributed by atoms with Crippen LogP contribution in [0.5, 0.6) is 0 Å². The normalized spacial score (nSPS) is 13.1. The van der Waals surface area contributed by atoms with Crippen LogP contribution in [0, 0.1) is 29.9 Å². The molecule has 0 fully saturated rings. The summed E-state index contributed by atoms with van der Waals surface area (Å²) in [5.74, 6) is -1.88. The average Bonchev–Trinajstić information content (AvgIpc) is 2.22. The summed E-state index contributed by atoms with van der Waals surface area (Å²) in [6, 6.07) is 1.99. The van der Waals surface area contributed by atoms with Gasteiger partial charge in [0.15, 0.2) is 0 Å². The van der Waals surface area contributed by atoms with Gasteiger partial charge in [-0.1, -0.05) is 0 Å². The summed E-state index contributed by atoms with van der Waals surface area (Å²) in [7, 11) is -4.23. The van der Waals surface area contributed by atoms with Gasteiger partial charge in [-0.25, -0.2) is 17.2 Å². The lowest BCUT2D eigenvalue weighted by atomic mass is 10.2. The standard InChI is InChI=1S/C10H10F2N2O2S/c1-6-3-9(12)10(4-8(6)11)17(15,16)14-7(2)5-13/h3-4,7,14H,1-2H3. The SMILES string of the molecule is Cc1cc(F)c(S(=O)(=O)NC(C)C#N)cc1F. The van der Waals surface area contributed by atoms with E-state index in [1.807, 2.05) is 4.72 Å². The zero-order valence-corrected chi connectivity index (χ0v) is 9.98. The Balaban J connectivity index is 3.26. The number of aryl methyl sites for hydroxylation is 1. The van der Waals surface area contributed by atoms with E-state index in [0.29, 0.717) is 6.07 Å². The zero-order chi connectivity index (χ0) is 13.2. The van der Waals surface area contributed by atoms with Crippen molar-refractivity contribution in [2.45, 2.75) is 24.8 Å². The fourth-order valence-corrected chi connectivity index (χ4v) is 2.38. The Hall–Kier alpha value is -1.52. The van der Waals surface area contributed by atoms with E-state index in [4.69, 9.17) is 5.26 Å². The van der Waals surface area contributed by atoms with Gasteiger partial charge in [-0.2, -0.15) is 9.98 Å². The van der Waals surface area contributed by atoms with Gasteiger partial charge in [0.05, 0.1) is 6.07 Å². The maximum atomic E-state index is 13.4. The van der Waals surface area contributed by atoms with Crippen LogP contribution in [0.2, 0.25) is 0 Å². The van der Waals surface area contributed by atoms with Crippen molar-refractivity contribution in [2.24, 2.45) is 0 Å². The molecule has 4 nitrogen and oxygen atoms in total. The molecule has 0 saturated heterocycles. The van der Waals surface area contributed by atoms with Crippen LogP contribution in [0.15, 0.2) is 17.0 Å². The molecule has 0 spiro atoms. The maximum Gasteiger partial charge on any atom is 0.244 e. The molecule has 1 unspecified atom stereocenters. The van der Waals surface area contributed by atoms with Crippen LogP contribution in [-0.2, 0) is 10.0 Å². The summed E-state index contributed by atoms with van der Waals surface area (Å²) in [5.41, 5.74) is 0.00906. The molecule has 0 radical (unpaired) electrons. The third-order valence-electron chi connectivity index (χ3n) is 2.03. The molecule has 1 aromatic rings. The van der Waals surface area contributed by atoms with Gasteiger partial charge in [0, 0.05) is 0 Å². The molecule has 92 valence electrons. The van der Waals surface area contributed by atoms with Crippen molar-refractivity contribution in [3.05, 3.63) is 29.3 Å². The smallest absolute Gasteiger partial charge is 0.207 e. The highest BCUT2D eigenvalue weighted by molar-refractivity contribution is 7.89. The minimum Gasteiger partial charge on any atom is -0.207 e. The highest BCUT2D eigenvalue weighted by atomic mass is 32.2. The zero-order valence-electron chi connectivity index (χ0n) is 9.16. The lowest BCUT2D eigenvalue weighted by molar-refractivity contribution is 0.540. The molecule has 0 aromatic heterocycles. The number of nitrogens with zero attached hydrogens (tertiary/aromatic N) is 1. The lowest BCUT2D eigenvalue weighted by Gasteiger charge is -2.09. The summed E-state index contributed by atoms with van der Waals surface area (Å²) in [4.78, 5) is -0.803. The molecule has 0 aliphatic carbocycles. The second kappa shape index (κ2) is 4.77. The Morgan fingerprint density at radius 3 is 2.47 bits per heavy atom. The Kier molecular flexibility index (Phi) is 3.80. The van der Waals surface area contributed by atoms with E-state index in [-0.39, 0.29) is 5.56 Å². The predicted octanol–water partition coefficient (Wildman–Crippen LogP) is 1.46. The summed E-state index contributed by atoms with van der Waals surface area (Å²) in [6.45, 7) is 2.61. The van der Waals surface area contributed by atoms with Crippen molar-refractivity contribution in [3.8, 4) is 6.07 Å². The molecule has 0 saturated carbocycles. The summed E-state index contributed by atoms with van der Waals surface area (Å²) in [6.07, 6.45) is 0. The molecule has 0 aliphatic heterocycles. The first-order valence-corrected chi connectivity index (χ1v) is 6.14. The van der Waals surface area contributed by atoms with Gasteiger partial charge in [-0.05, 0) is 31.5 Å². The number of nitriles is 1. The van der Waals surface area contributed by atoms with E-state index < -0.39 is 32.6 Å². The monoisotopic (exact) mass is 260 g/mol. The largest absolute Gasteiger partial charge is 0.244 e. The number of hydrogen-bond donors (Lipinski definition) is 1. The molecule has 0 heterocycles. The molecule has 0 amide bonds. The van der Waals surface area contributed by atoms with E-state index in [0.717, 1.165) is 6.07 Å². The molecule has 1 aromatic carbocycles.